The predicted octanol–water partition coefficient (Wildman–Crippen LogP) is 1.56. The molecule has 0 aliphatic rings. The van der Waals surface area contributed by atoms with Gasteiger partial charge in [0.15, 0.2) is 5.78 Å². The van der Waals surface area contributed by atoms with Crippen LogP contribution in [-0.4, -0.2) is 38.4 Å². The standard InChI is InChI=1S/C16H24N2O3/c1-4-7-17-8-9-18-16(20)11-14-10-13(12(2)19)5-6-15(14)21-3/h5-6,10,17H,4,7-9,11H2,1-3H3,(H,18,20). The Kier molecular flexibility index (Phi) is 7.46. The third-order valence-corrected chi connectivity index (χ3v) is 3.09. The number of ketones is 1. The van der Waals surface area contributed by atoms with E-state index in [-0.39, 0.29) is 18.1 Å². The number of hydrogen-bond acceptors (Lipinski definition) is 4. The highest BCUT2D eigenvalue weighted by Gasteiger charge is 2.11. The molecule has 0 unspecified atom stereocenters. The zero-order valence-corrected chi connectivity index (χ0v) is 13.0. The van der Waals surface area contributed by atoms with Crippen LogP contribution in [0.2, 0.25) is 0 Å². The molecule has 5 nitrogen and oxygen atoms in total. The molecular weight excluding hydrogens is 268 g/mol. The van der Waals surface area contributed by atoms with Crippen LogP contribution in [0.15, 0.2) is 18.2 Å². The monoisotopic (exact) mass is 292 g/mol. The second-order valence-electron chi connectivity index (χ2n) is 4.86. The van der Waals surface area contributed by atoms with Gasteiger partial charge in [-0.2, -0.15) is 0 Å². The summed E-state index contributed by atoms with van der Waals surface area (Å²) in [4.78, 5) is 23.3. The van der Waals surface area contributed by atoms with Gasteiger partial charge in [0.25, 0.3) is 0 Å². The fraction of sp³-hybridized carbons (Fsp3) is 0.500. The summed E-state index contributed by atoms with van der Waals surface area (Å²) in [6.45, 7) is 5.90. The molecule has 0 fully saturated rings. The Labute approximate surface area is 126 Å². The lowest BCUT2D eigenvalue weighted by molar-refractivity contribution is -0.120. The molecule has 0 saturated heterocycles. The lowest BCUT2D eigenvalue weighted by atomic mass is 10.0. The first-order valence-electron chi connectivity index (χ1n) is 7.23. The van der Waals surface area contributed by atoms with Crippen molar-refractivity contribution in [2.75, 3.05) is 26.7 Å². The van der Waals surface area contributed by atoms with Crippen molar-refractivity contribution in [2.24, 2.45) is 0 Å². The van der Waals surface area contributed by atoms with E-state index in [0.29, 0.717) is 17.9 Å². The highest BCUT2D eigenvalue weighted by molar-refractivity contribution is 5.94. The van der Waals surface area contributed by atoms with E-state index in [0.717, 1.165) is 25.1 Å². The van der Waals surface area contributed by atoms with Crippen LogP contribution in [0.1, 0.15) is 36.2 Å². The Hall–Kier alpha value is -1.88. The molecule has 116 valence electrons. The molecule has 0 atom stereocenters. The number of rotatable bonds is 9. The molecular formula is C16H24N2O3. The Morgan fingerprint density at radius 1 is 1.19 bits per heavy atom. The number of Topliss-reactive ketones (excluding diaryl/α,β-unsaturated/α-hetero) is 1. The molecule has 0 spiro atoms. The zero-order chi connectivity index (χ0) is 15.7. The van der Waals surface area contributed by atoms with Crippen LogP contribution in [-0.2, 0) is 11.2 Å². The number of carbonyl (C=O) groups is 2. The minimum atomic E-state index is -0.0766. The number of carbonyl (C=O) groups excluding carboxylic acids is 2. The van der Waals surface area contributed by atoms with Gasteiger partial charge in [0, 0.05) is 24.2 Å². The maximum Gasteiger partial charge on any atom is 0.224 e. The number of ether oxygens (including phenoxy) is 1. The van der Waals surface area contributed by atoms with E-state index in [1.54, 1.807) is 25.3 Å². The van der Waals surface area contributed by atoms with Gasteiger partial charge in [-0.3, -0.25) is 9.59 Å². The van der Waals surface area contributed by atoms with Crippen LogP contribution in [0.3, 0.4) is 0 Å². The maximum absolute atomic E-state index is 11.9. The number of methoxy groups -OCH3 is 1. The molecule has 5 heteroatoms. The van der Waals surface area contributed by atoms with E-state index in [9.17, 15) is 9.59 Å². The van der Waals surface area contributed by atoms with Gasteiger partial charge >= 0.3 is 0 Å². The summed E-state index contributed by atoms with van der Waals surface area (Å²) in [5.74, 6) is 0.523. The van der Waals surface area contributed by atoms with Crippen molar-refractivity contribution in [3.8, 4) is 5.75 Å². The number of nitrogens with one attached hydrogen (secondary N) is 2. The van der Waals surface area contributed by atoms with Crippen molar-refractivity contribution < 1.29 is 14.3 Å². The van der Waals surface area contributed by atoms with E-state index in [4.69, 9.17) is 4.74 Å². The minimum absolute atomic E-state index is 0.0249. The maximum atomic E-state index is 11.9. The second kappa shape index (κ2) is 9.13. The van der Waals surface area contributed by atoms with Crippen molar-refractivity contribution in [3.63, 3.8) is 0 Å². The van der Waals surface area contributed by atoms with Crippen molar-refractivity contribution in [1.82, 2.24) is 10.6 Å². The van der Waals surface area contributed by atoms with Gasteiger partial charge in [-0.05, 0) is 38.1 Å². The molecule has 0 saturated carbocycles. The van der Waals surface area contributed by atoms with Gasteiger partial charge in [0.1, 0.15) is 5.75 Å². The number of hydrogen-bond donors (Lipinski definition) is 2. The van der Waals surface area contributed by atoms with Gasteiger partial charge < -0.3 is 15.4 Å². The Balaban J connectivity index is 2.57. The Morgan fingerprint density at radius 2 is 1.95 bits per heavy atom. The fourth-order valence-corrected chi connectivity index (χ4v) is 1.96. The van der Waals surface area contributed by atoms with Crippen LogP contribution in [0.5, 0.6) is 5.75 Å². The Morgan fingerprint density at radius 3 is 2.57 bits per heavy atom. The summed E-state index contributed by atoms with van der Waals surface area (Å²) >= 11 is 0. The molecule has 0 aliphatic heterocycles. The van der Waals surface area contributed by atoms with E-state index in [1.807, 2.05) is 0 Å². The quantitative estimate of drug-likeness (QED) is 0.535. The lowest BCUT2D eigenvalue weighted by Crippen LogP contribution is -2.33. The molecule has 1 rings (SSSR count). The van der Waals surface area contributed by atoms with E-state index in [2.05, 4.69) is 17.6 Å². The van der Waals surface area contributed by atoms with Gasteiger partial charge in [0.05, 0.1) is 13.5 Å². The Bertz CT molecular complexity index is 486. The predicted molar refractivity (Wildman–Crippen MR) is 82.9 cm³/mol. The average Bonchev–Trinajstić information content (AvgIpc) is 2.46. The average molecular weight is 292 g/mol. The van der Waals surface area contributed by atoms with E-state index in [1.165, 1.54) is 6.92 Å². The summed E-state index contributed by atoms with van der Waals surface area (Å²) in [7, 11) is 1.55. The first-order chi connectivity index (χ1) is 10.1. The molecule has 1 aromatic rings. The fourth-order valence-electron chi connectivity index (χ4n) is 1.96. The van der Waals surface area contributed by atoms with E-state index >= 15 is 0 Å². The minimum Gasteiger partial charge on any atom is -0.496 e. The molecule has 0 bridgehead atoms. The normalized spacial score (nSPS) is 10.2. The van der Waals surface area contributed by atoms with Crippen LogP contribution in [0.4, 0.5) is 0 Å². The largest absolute Gasteiger partial charge is 0.496 e. The first-order valence-corrected chi connectivity index (χ1v) is 7.23. The third kappa shape index (κ3) is 5.95. The van der Waals surface area contributed by atoms with Crippen molar-refractivity contribution in [2.45, 2.75) is 26.7 Å². The van der Waals surface area contributed by atoms with Gasteiger partial charge in [-0.1, -0.05) is 6.92 Å². The van der Waals surface area contributed by atoms with Crippen LogP contribution < -0.4 is 15.4 Å². The summed E-state index contributed by atoms with van der Waals surface area (Å²) in [5, 5.41) is 6.06. The summed E-state index contributed by atoms with van der Waals surface area (Å²) < 4.78 is 5.23. The van der Waals surface area contributed by atoms with Crippen LogP contribution in [0, 0.1) is 0 Å². The van der Waals surface area contributed by atoms with Gasteiger partial charge in [-0.25, -0.2) is 0 Å². The summed E-state index contributed by atoms with van der Waals surface area (Å²) in [6, 6.07) is 5.15. The molecule has 1 aromatic carbocycles. The molecule has 0 aliphatic carbocycles. The first kappa shape index (κ1) is 17.2. The smallest absolute Gasteiger partial charge is 0.224 e. The topological polar surface area (TPSA) is 67.4 Å². The van der Waals surface area contributed by atoms with Crippen LogP contribution >= 0.6 is 0 Å². The third-order valence-electron chi connectivity index (χ3n) is 3.09. The number of benzene rings is 1. The highest BCUT2D eigenvalue weighted by atomic mass is 16.5. The lowest BCUT2D eigenvalue weighted by Gasteiger charge is -2.10. The second-order valence-corrected chi connectivity index (χ2v) is 4.86. The molecule has 1 amide bonds. The van der Waals surface area contributed by atoms with Gasteiger partial charge in [-0.15, -0.1) is 0 Å². The van der Waals surface area contributed by atoms with Gasteiger partial charge in [0.2, 0.25) is 5.91 Å². The summed E-state index contributed by atoms with van der Waals surface area (Å²) in [6.07, 6.45) is 1.28. The molecule has 21 heavy (non-hydrogen) atoms. The molecule has 0 aromatic heterocycles. The molecule has 0 radical (unpaired) electrons. The van der Waals surface area contributed by atoms with Crippen molar-refractivity contribution in [1.29, 1.82) is 0 Å². The van der Waals surface area contributed by atoms with Crippen molar-refractivity contribution >= 4 is 11.7 Å². The highest BCUT2D eigenvalue weighted by Crippen LogP contribution is 2.20. The summed E-state index contributed by atoms with van der Waals surface area (Å²) in [5.41, 5.74) is 1.31. The van der Waals surface area contributed by atoms with Crippen LogP contribution in [0.25, 0.3) is 0 Å². The zero-order valence-electron chi connectivity index (χ0n) is 13.0. The number of amides is 1. The molecule has 0 heterocycles. The van der Waals surface area contributed by atoms with Crippen molar-refractivity contribution in [3.05, 3.63) is 29.3 Å². The SMILES string of the molecule is CCCNCCNC(=O)Cc1cc(C(C)=O)ccc1OC. The van der Waals surface area contributed by atoms with E-state index < -0.39 is 0 Å². The molecule has 2 N–H and O–H groups in total.